The highest BCUT2D eigenvalue weighted by molar-refractivity contribution is 5.91. The van der Waals surface area contributed by atoms with Crippen molar-refractivity contribution in [2.45, 2.75) is 26.2 Å². The van der Waals surface area contributed by atoms with Gasteiger partial charge in [-0.2, -0.15) is 0 Å². The molecule has 1 amide bonds. The molecule has 0 unspecified atom stereocenters. The van der Waals surface area contributed by atoms with Gasteiger partial charge in [0.15, 0.2) is 0 Å². The molecule has 0 aliphatic carbocycles. The minimum atomic E-state index is -0.282. The third-order valence-corrected chi connectivity index (χ3v) is 3.66. The Bertz CT molecular complexity index is 657. The highest BCUT2D eigenvalue weighted by atomic mass is 19.1. The molecule has 0 bridgehead atoms. The quantitative estimate of drug-likeness (QED) is 0.791. The van der Waals surface area contributed by atoms with Gasteiger partial charge in [0.1, 0.15) is 5.82 Å². The second-order valence-electron chi connectivity index (χ2n) is 5.82. The van der Waals surface area contributed by atoms with Crippen molar-refractivity contribution < 1.29 is 9.18 Å². The van der Waals surface area contributed by atoms with Crippen LogP contribution in [0, 0.1) is 5.82 Å². The molecule has 0 heterocycles. The molecule has 0 atom stereocenters. The van der Waals surface area contributed by atoms with Gasteiger partial charge in [-0.15, -0.1) is 0 Å². The molecule has 0 aliphatic rings. The van der Waals surface area contributed by atoms with E-state index in [4.69, 9.17) is 0 Å². The average molecular weight is 311 g/mol. The fourth-order valence-corrected chi connectivity index (χ4v) is 2.20. The van der Waals surface area contributed by atoms with Crippen molar-refractivity contribution in [2.24, 2.45) is 0 Å². The summed E-state index contributed by atoms with van der Waals surface area (Å²) in [6, 6.07) is 14.5. The molecule has 0 spiro atoms. The van der Waals surface area contributed by atoms with Gasteiger partial charge in [-0.25, -0.2) is 4.39 Å². The number of nitrogens with one attached hydrogen (secondary N) is 1. The Kier molecular flexibility index (Phi) is 6.10. The van der Waals surface area contributed by atoms with E-state index in [2.05, 4.69) is 43.4 Å². The fourth-order valence-electron chi connectivity index (χ4n) is 2.20. The first-order valence-corrected chi connectivity index (χ1v) is 7.85. The standard InChI is InChI=1S/C20H22FNO/c1-15(2)18-8-3-17(4-9-18)13-14-22-20(23)12-7-16-5-10-19(21)11-6-16/h3-12,15H,13-14H2,1-2H3,(H,22,23)/b12-7+. The van der Waals surface area contributed by atoms with E-state index in [9.17, 15) is 9.18 Å². The Morgan fingerprint density at radius 1 is 1.09 bits per heavy atom. The van der Waals surface area contributed by atoms with Gasteiger partial charge in [0.2, 0.25) is 5.91 Å². The average Bonchev–Trinajstić information content (AvgIpc) is 2.55. The Morgan fingerprint density at radius 2 is 1.74 bits per heavy atom. The zero-order valence-electron chi connectivity index (χ0n) is 13.6. The minimum Gasteiger partial charge on any atom is -0.352 e. The number of carbonyl (C=O) groups excluding carboxylic acids is 1. The largest absolute Gasteiger partial charge is 0.352 e. The maximum absolute atomic E-state index is 12.8. The number of rotatable bonds is 6. The highest BCUT2D eigenvalue weighted by Gasteiger charge is 2.00. The maximum Gasteiger partial charge on any atom is 0.244 e. The third kappa shape index (κ3) is 5.70. The lowest BCUT2D eigenvalue weighted by Crippen LogP contribution is -2.23. The molecular formula is C20H22FNO. The van der Waals surface area contributed by atoms with Crippen LogP contribution in [-0.4, -0.2) is 12.5 Å². The van der Waals surface area contributed by atoms with Crippen LogP contribution in [-0.2, 0) is 11.2 Å². The Hall–Kier alpha value is -2.42. The molecule has 2 nitrogen and oxygen atoms in total. The van der Waals surface area contributed by atoms with Gasteiger partial charge >= 0.3 is 0 Å². The van der Waals surface area contributed by atoms with Crippen molar-refractivity contribution in [3.8, 4) is 0 Å². The van der Waals surface area contributed by atoms with E-state index < -0.39 is 0 Å². The maximum atomic E-state index is 12.8. The summed E-state index contributed by atoms with van der Waals surface area (Å²) in [6.07, 6.45) is 3.94. The summed E-state index contributed by atoms with van der Waals surface area (Å²) in [7, 11) is 0. The molecule has 2 aromatic carbocycles. The first-order chi connectivity index (χ1) is 11.0. The lowest BCUT2D eigenvalue weighted by atomic mass is 10.0. The van der Waals surface area contributed by atoms with Crippen LogP contribution in [0.5, 0.6) is 0 Å². The van der Waals surface area contributed by atoms with Crippen LogP contribution in [0.2, 0.25) is 0 Å². The highest BCUT2D eigenvalue weighted by Crippen LogP contribution is 2.14. The molecule has 0 radical (unpaired) electrons. The van der Waals surface area contributed by atoms with Crippen LogP contribution >= 0.6 is 0 Å². The molecule has 0 aromatic heterocycles. The second kappa shape index (κ2) is 8.28. The van der Waals surface area contributed by atoms with Crippen molar-refractivity contribution in [3.05, 3.63) is 77.1 Å². The van der Waals surface area contributed by atoms with E-state index in [1.165, 1.54) is 29.3 Å². The van der Waals surface area contributed by atoms with Crippen LogP contribution < -0.4 is 5.32 Å². The van der Waals surface area contributed by atoms with Crippen molar-refractivity contribution in [2.75, 3.05) is 6.54 Å². The first-order valence-electron chi connectivity index (χ1n) is 7.85. The van der Waals surface area contributed by atoms with Gasteiger partial charge in [0.05, 0.1) is 0 Å². The number of halogens is 1. The summed E-state index contributed by atoms with van der Waals surface area (Å²) in [6.45, 7) is 4.93. The molecule has 0 saturated carbocycles. The first kappa shape index (κ1) is 16.9. The van der Waals surface area contributed by atoms with Gasteiger partial charge < -0.3 is 5.32 Å². The normalized spacial score (nSPS) is 11.1. The van der Waals surface area contributed by atoms with E-state index >= 15 is 0 Å². The summed E-state index contributed by atoms with van der Waals surface area (Å²) in [5.74, 6) is 0.101. The Balaban J connectivity index is 1.77. The molecular weight excluding hydrogens is 289 g/mol. The van der Waals surface area contributed by atoms with Crippen LogP contribution in [0.3, 0.4) is 0 Å². The molecule has 0 saturated heterocycles. The predicted molar refractivity (Wildman–Crippen MR) is 92.7 cm³/mol. The lowest BCUT2D eigenvalue weighted by molar-refractivity contribution is -0.116. The van der Waals surface area contributed by atoms with Crippen molar-refractivity contribution in [1.82, 2.24) is 5.32 Å². The number of hydrogen-bond acceptors (Lipinski definition) is 1. The van der Waals surface area contributed by atoms with Gasteiger partial charge in [-0.1, -0.05) is 50.2 Å². The van der Waals surface area contributed by atoms with Crippen molar-refractivity contribution >= 4 is 12.0 Å². The number of benzene rings is 2. The Labute approximate surface area is 137 Å². The third-order valence-electron chi connectivity index (χ3n) is 3.66. The van der Waals surface area contributed by atoms with E-state index in [1.807, 2.05) is 0 Å². The smallest absolute Gasteiger partial charge is 0.244 e. The molecule has 23 heavy (non-hydrogen) atoms. The van der Waals surface area contributed by atoms with Gasteiger partial charge in [0, 0.05) is 12.6 Å². The molecule has 3 heteroatoms. The van der Waals surface area contributed by atoms with E-state index in [0.29, 0.717) is 12.5 Å². The summed E-state index contributed by atoms with van der Waals surface area (Å²) < 4.78 is 12.8. The van der Waals surface area contributed by atoms with Crippen LogP contribution in [0.1, 0.15) is 36.5 Å². The summed E-state index contributed by atoms with van der Waals surface area (Å²) in [5.41, 5.74) is 3.32. The molecule has 2 rings (SSSR count). The zero-order chi connectivity index (χ0) is 16.7. The van der Waals surface area contributed by atoms with Gasteiger partial charge in [0.25, 0.3) is 0 Å². The van der Waals surface area contributed by atoms with E-state index in [-0.39, 0.29) is 11.7 Å². The topological polar surface area (TPSA) is 29.1 Å². The van der Waals surface area contributed by atoms with Gasteiger partial charge in [-0.3, -0.25) is 4.79 Å². The van der Waals surface area contributed by atoms with E-state index in [1.54, 1.807) is 18.2 Å². The zero-order valence-corrected chi connectivity index (χ0v) is 13.6. The van der Waals surface area contributed by atoms with Crippen molar-refractivity contribution in [1.29, 1.82) is 0 Å². The minimum absolute atomic E-state index is 0.145. The van der Waals surface area contributed by atoms with Crippen molar-refractivity contribution in [3.63, 3.8) is 0 Å². The van der Waals surface area contributed by atoms with Gasteiger partial charge in [-0.05, 0) is 47.2 Å². The second-order valence-corrected chi connectivity index (χ2v) is 5.82. The summed E-state index contributed by atoms with van der Waals surface area (Å²) >= 11 is 0. The summed E-state index contributed by atoms with van der Waals surface area (Å²) in [5, 5.41) is 2.85. The summed E-state index contributed by atoms with van der Waals surface area (Å²) in [4.78, 5) is 11.7. The SMILES string of the molecule is CC(C)c1ccc(CCNC(=O)/C=C/c2ccc(F)cc2)cc1. The van der Waals surface area contributed by atoms with Crippen LogP contribution in [0.25, 0.3) is 6.08 Å². The van der Waals surface area contributed by atoms with E-state index in [0.717, 1.165) is 12.0 Å². The Morgan fingerprint density at radius 3 is 2.35 bits per heavy atom. The lowest BCUT2D eigenvalue weighted by Gasteiger charge is -2.07. The monoisotopic (exact) mass is 311 g/mol. The van der Waals surface area contributed by atoms with Crippen LogP contribution in [0.15, 0.2) is 54.6 Å². The molecule has 120 valence electrons. The van der Waals surface area contributed by atoms with Crippen LogP contribution in [0.4, 0.5) is 4.39 Å². The number of carbonyl (C=O) groups is 1. The number of amides is 1. The molecule has 2 aromatic rings. The predicted octanol–water partition coefficient (Wildman–Crippen LogP) is 4.32. The molecule has 1 N–H and O–H groups in total. The molecule has 0 fully saturated rings. The fraction of sp³-hybridized carbons (Fsp3) is 0.250. The number of hydrogen-bond donors (Lipinski definition) is 1. The molecule has 0 aliphatic heterocycles.